The van der Waals surface area contributed by atoms with Crippen molar-refractivity contribution >= 4 is 17.7 Å². The van der Waals surface area contributed by atoms with Gasteiger partial charge in [-0.1, -0.05) is 56.3 Å². The molecule has 0 aromatic heterocycles. The van der Waals surface area contributed by atoms with Crippen LogP contribution >= 0.6 is 11.8 Å². The molecule has 0 saturated carbocycles. The second-order valence-corrected chi connectivity index (χ2v) is 7.82. The summed E-state index contributed by atoms with van der Waals surface area (Å²) < 4.78 is 0. The van der Waals surface area contributed by atoms with Crippen molar-refractivity contribution in [3.63, 3.8) is 0 Å². The average Bonchev–Trinajstić information content (AvgIpc) is 2.63. The van der Waals surface area contributed by atoms with Crippen LogP contribution in [0.15, 0.2) is 54.6 Å². The summed E-state index contributed by atoms with van der Waals surface area (Å²) >= 11 is 1.76. The topological polar surface area (TPSA) is 49.3 Å². The molecule has 0 spiro atoms. The second kappa shape index (κ2) is 9.07. The molecule has 0 aliphatic carbocycles. The maximum atomic E-state index is 12.5. The number of hydrogen-bond acceptors (Lipinski definition) is 3. The molecule has 0 unspecified atom stereocenters. The Balaban J connectivity index is 2.08. The van der Waals surface area contributed by atoms with Crippen molar-refractivity contribution < 1.29 is 9.90 Å². The van der Waals surface area contributed by atoms with Gasteiger partial charge in [0.1, 0.15) is 0 Å². The van der Waals surface area contributed by atoms with Gasteiger partial charge in [0.2, 0.25) is 0 Å². The fourth-order valence-corrected chi connectivity index (χ4v) is 3.38. The fourth-order valence-electron chi connectivity index (χ4n) is 2.86. The number of carbonyl (C=O) groups is 1. The number of aliphatic hydroxyl groups is 1. The highest BCUT2D eigenvalue weighted by Crippen LogP contribution is 2.34. The Morgan fingerprint density at radius 2 is 1.76 bits per heavy atom. The monoisotopic (exact) mass is 357 g/mol. The Morgan fingerprint density at radius 3 is 2.32 bits per heavy atom. The predicted molar refractivity (Wildman–Crippen MR) is 106 cm³/mol. The van der Waals surface area contributed by atoms with E-state index in [0.717, 1.165) is 11.3 Å². The Bertz CT molecular complexity index is 668. The lowest BCUT2D eigenvalue weighted by Crippen LogP contribution is -2.36. The van der Waals surface area contributed by atoms with E-state index >= 15 is 0 Å². The quantitative estimate of drug-likeness (QED) is 0.748. The molecule has 1 amide bonds. The summed E-state index contributed by atoms with van der Waals surface area (Å²) in [5.41, 5.74) is 2.68. The highest BCUT2D eigenvalue weighted by molar-refractivity contribution is 7.97. The first kappa shape index (κ1) is 19.5. The van der Waals surface area contributed by atoms with Crippen LogP contribution in [0.4, 0.5) is 0 Å². The van der Waals surface area contributed by atoms with Gasteiger partial charge in [0.25, 0.3) is 5.91 Å². The first-order valence-corrected chi connectivity index (χ1v) is 9.89. The van der Waals surface area contributed by atoms with E-state index < -0.39 is 0 Å². The number of benzene rings is 2. The molecule has 2 rings (SSSR count). The van der Waals surface area contributed by atoms with Crippen LogP contribution in [-0.4, -0.2) is 30.4 Å². The van der Waals surface area contributed by atoms with Gasteiger partial charge in [-0.3, -0.25) is 4.79 Å². The summed E-state index contributed by atoms with van der Waals surface area (Å²) in [6, 6.07) is 17.8. The van der Waals surface area contributed by atoms with Crippen molar-refractivity contribution in [1.29, 1.82) is 0 Å². The summed E-state index contributed by atoms with van der Waals surface area (Å²) in [6.07, 6.45) is 2.06. The first-order valence-electron chi connectivity index (χ1n) is 8.50. The Kier molecular flexibility index (Phi) is 7.09. The van der Waals surface area contributed by atoms with Crippen molar-refractivity contribution in [1.82, 2.24) is 5.32 Å². The highest BCUT2D eigenvalue weighted by atomic mass is 32.2. The van der Waals surface area contributed by atoms with Gasteiger partial charge in [0, 0.05) is 30.4 Å². The summed E-state index contributed by atoms with van der Waals surface area (Å²) in [6.45, 7) is 4.59. The number of hydrogen-bond donors (Lipinski definition) is 2. The largest absolute Gasteiger partial charge is 0.396 e. The molecule has 134 valence electrons. The van der Waals surface area contributed by atoms with Gasteiger partial charge in [-0.2, -0.15) is 11.8 Å². The number of nitrogens with one attached hydrogen (secondary N) is 1. The molecule has 0 heterocycles. The molecule has 0 aliphatic heterocycles. The number of carbonyl (C=O) groups excluding carboxylic acids is 1. The third kappa shape index (κ3) is 5.35. The second-order valence-electron chi connectivity index (χ2n) is 6.95. The van der Waals surface area contributed by atoms with E-state index in [-0.39, 0.29) is 23.8 Å². The molecule has 0 fully saturated rings. The molecule has 2 N–H and O–H groups in total. The van der Waals surface area contributed by atoms with E-state index in [2.05, 4.69) is 11.6 Å². The Labute approximate surface area is 154 Å². The molecular weight excluding hydrogens is 330 g/mol. The van der Waals surface area contributed by atoms with E-state index in [1.807, 2.05) is 68.4 Å². The molecule has 3 nitrogen and oxygen atoms in total. The van der Waals surface area contributed by atoms with Crippen LogP contribution in [0.25, 0.3) is 0 Å². The zero-order chi connectivity index (χ0) is 18.3. The van der Waals surface area contributed by atoms with E-state index in [9.17, 15) is 9.90 Å². The van der Waals surface area contributed by atoms with Gasteiger partial charge >= 0.3 is 0 Å². The number of aliphatic hydroxyl groups excluding tert-OH is 1. The van der Waals surface area contributed by atoms with Crippen molar-refractivity contribution in [3.8, 4) is 0 Å². The maximum absolute atomic E-state index is 12.5. The lowest BCUT2D eigenvalue weighted by Gasteiger charge is -2.33. The number of rotatable bonds is 8. The summed E-state index contributed by atoms with van der Waals surface area (Å²) in [7, 11) is 0. The Morgan fingerprint density at radius 1 is 1.12 bits per heavy atom. The highest BCUT2D eigenvalue weighted by Gasteiger charge is 2.30. The molecule has 0 aliphatic rings. The van der Waals surface area contributed by atoms with Crippen LogP contribution in [-0.2, 0) is 5.75 Å². The smallest absolute Gasteiger partial charge is 0.251 e. The number of amides is 1. The summed E-state index contributed by atoms with van der Waals surface area (Å²) in [4.78, 5) is 12.5. The van der Waals surface area contributed by atoms with Gasteiger partial charge in [0.15, 0.2) is 0 Å². The molecule has 0 saturated heterocycles. The van der Waals surface area contributed by atoms with E-state index in [4.69, 9.17) is 0 Å². The van der Waals surface area contributed by atoms with E-state index in [1.54, 1.807) is 11.8 Å². The van der Waals surface area contributed by atoms with Gasteiger partial charge in [-0.15, -0.1) is 0 Å². The normalized spacial score (nSPS) is 12.6. The Hall–Kier alpha value is -1.78. The summed E-state index contributed by atoms with van der Waals surface area (Å²) in [5.74, 6) is 0.909. The fraction of sp³-hybridized carbons (Fsp3) is 0.381. The van der Waals surface area contributed by atoms with Crippen molar-refractivity contribution in [2.75, 3.05) is 19.4 Å². The molecular formula is C21H27NO2S. The van der Waals surface area contributed by atoms with Gasteiger partial charge in [-0.05, 0) is 34.9 Å². The molecule has 0 bridgehead atoms. The SMILES string of the molecule is CSCc1ccc(C(=O)NC[C@H](c2ccccc2)C(C)(C)CO)cc1. The average molecular weight is 358 g/mol. The van der Waals surface area contributed by atoms with E-state index in [1.165, 1.54) is 5.56 Å². The number of thioether (sulfide) groups is 1. The van der Waals surface area contributed by atoms with Crippen LogP contribution in [0, 0.1) is 5.41 Å². The third-order valence-corrected chi connectivity index (χ3v) is 5.17. The molecule has 25 heavy (non-hydrogen) atoms. The zero-order valence-corrected chi connectivity index (χ0v) is 16.0. The van der Waals surface area contributed by atoms with Crippen molar-refractivity contribution in [3.05, 3.63) is 71.3 Å². The third-order valence-electron chi connectivity index (χ3n) is 4.55. The van der Waals surface area contributed by atoms with Gasteiger partial charge in [-0.25, -0.2) is 0 Å². The lowest BCUT2D eigenvalue weighted by molar-refractivity contribution is 0.0920. The molecule has 0 radical (unpaired) electrons. The van der Waals surface area contributed by atoms with Crippen LogP contribution in [0.1, 0.15) is 41.3 Å². The van der Waals surface area contributed by atoms with Crippen molar-refractivity contribution in [2.24, 2.45) is 5.41 Å². The van der Waals surface area contributed by atoms with E-state index in [0.29, 0.717) is 12.1 Å². The zero-order valence-electron chi connectivity index (χ0n) is 15.2. The van der Waals surface area contributed by atoms with Crippen LogP contribution in [0.3, 0.4) is 0 Å². The predicted octanol–water partition coefficient (Wildman–Crippen LogP) is 4.08. The standard InChI is InChI=1S/C21H27NO2S/c1-21(2,15-23)19(17-7-5-4-6-8-17)13-22-20(24)18-11-9-16(10-12-18)14-25-3/h4-12,19,23H,13-15H2,1-3H3,(H,22,24)/t19-/m1/s1. The molecule has 2 aromatic carbocycles. The molecule has 1 atom stereocenters. The summed E-state index contributed by atoms with van der Waals surface area (Å²) in [5, 5.41) is 12.8. The minimum atomic E-state index is -0.323. The maximum Gasteiger partial charge on any atom is 0.251 e. The molecule has 2 aromatic rings. The van der Waals surface area contributed by atoms with Gasteiger partial charge < -0.3 is 10.4 Å². The van der Waals surface area contributed by atoms with Crippen LogP contribution < -0.4 is 5.32 Å². The van der Waals surface area contributed by atoms with Crippen LogP contribution in [0.5, 0.6) is 0 Å². The molecule has 4 heteroatoms. The minimum Gasteiger partial charge on any atom is -0.396 e. The minimum absolute atomic E-state index is 0.0402. The lowest BCUT2D eigenvalue weighted by atomic mass is 9.75. The van der Waals surface area contributed by atoms with Gasteiger partial charge in [0.05, 0.1) is 0 Å². The first-order chi connectivity index (χ1) is 12.0. The van der Waals surface area contributed by atoms with Crippen LogP contribution in [0.2, 0.25) is 0 Å². The van der Waals surface area contributed by atoms with Crippen molar-refractivity contribution in [2.45, 2.75) is 25.5 Å².